The van der Waals surface area contributed by atoms with Crippen LogP contribution in [0.4, 0.5) is 34.1 Å². The Morgan fingerprint density at radius 2 is 0.875 bits per heavy atom. The highest BCUT2D eigenvalue weighted by Crippen LogP contribution is 2.50. The van der Waals surface area contributed by atoms with E-state index in [1.165, 1.54) is 131 Å². The van der Waals surface area contributed by atoms with Gasteiger partial charge in [0.25, 0.3) is 0 Å². The summed E-state index contributed by atoms with van der Waals surface area (Å²) in [5.74, 6) is 1.33. The van der Waals surface area contributed by atoms with E-state index in [9.17, 15) is 0 Å². The number of benzene rings is 7. The van der Waals surface area contributed by atoms with E-state index in [1.807, 2.05) is 0 Å². The molecule has 282 valence electrons. The number of anilines is 6. The van der Waals surface area contributed by atoms with Gasteiger partial charge in [-0.25, -0.2) is 0 Å². The molecule has 0 bridgehead atoms. The average Bonchev–Trinajstić information content (AvgIpc) is 3.25. The Morgan fingerprint density at radius 3 is 1.41 bits per heavy atom. The monoisotopic (exact) mass is 732 g/mol. The summed E-state index contributed by atoms with van der Waals surface area (Å²) in [6, 6.07) is 57.5. The summed E-state index contributed by atoms with van der Waals surface area (Å²) in [6.45, 7) is 7.05. The van der Waals surface area contributed by atoms with Crippen molar-refractivity contribution < 1.29 is 0 Å². The normalized spacial score (nSPS) is 15.6. The molecule has 2 heteroatoms. The summed E-state index contributed by atoms with van der Waals surface area (Å²) in [4.78, 5) is 5.03. The van der Waals surface area contributed by atoms with E-state index in [-0.39, 0.29) is 5.41 Å². The largest absolute Gasteiger partial charge is 0.310 e. The Kier molecular flexibility index (Phi) is 10.2. The lowest BCUT2D eigenvalue weighted by Crippen LogP contribution is -2.17. The van der Waals surface area contributed by atoms with Crippen molar-refractivity contribution in [1.29, 1.82) is 0 Å². The number of hydrogen-bond donors (Lipinski definition) is 0. The third kappa shape index (κ3) is 7.23. The van der Waals surface area contributed by atoms with Gasteiger partial charge >= 0.3 is 0 Å². The highest BCUT2D eigenvalue weighted by Gasteiger charge is 2.27. The molecule has 0 radical (unpaired) electrons. The van der Waals surface area contributed by atoms with E-state index in [2.05, 4.69) is 182 Å². The topological polar surface area (TPSA) is 6.48 Å². The summed E-state index contributed by atoms with van der Waals surface area (Å²) in [7, 11) is 0. The van der Waals surface area contributed by atoms with E-state index >= 15 is 0 Å². The van der Waals surface area contributed by atoms with Crippen molar-refractivity contribution in [3.05, 3.63) is 168 Å². The van der Waals surface area contributed by atoms with E-state index in [4.69, 9.17) is 0 Å². The molecule has 2 fully saturated rings. The molecule has 0 aliphatic heterocycles. The fraction of sp³-hybridized carbons (Fsp3) is 0.296. The molecule has 9 rings (SSSR count). The van der Waals surface area contributed by atoms with Gasteiger partial charge in [-0.15, -0.1) is 0 Å². The third-order valence-corrected chi connectivity index (χ3v) is 12.7. The van der Waals surface area contributed by atoms with Crippen LogP contribution >= 0.6 is 0 Å². The maximum absolute atomic E-state index is 2.53. The fourth-order valence-corrected chi connectivity index (χ4v) is 9.64. The van der Waals surface area contributed by atoms with E-state index < -0.39 is 0 Å². The van der Waals surface area contributed by atoms with Gasteiger partial charge in [0.05, 0.1) is 11.4 Å². The number of para-hydroxylation sites is 2. The fourth-order valence-electron chi connectivity index (χ4n) is 9.64. The summed E-state index contributed by atoms with van der Waals surface area (Å²) in [5, 5.41) is 4.98. The zero-order valence-electron chi connectivity index (χ0n) is 33.6. The first-order chi connectivity index (χ1) is 27.4. The molecule has 0 aromatic heterocycles. The van der Waals surface area contributed by atoms with Crippen LogP contribution in [0.15, 0.2) is 152 Å². The molecule has 7 aromatic carbocycles. The Balaban J connectivity index is 1.30. The third-order valence-electron chi connectivity index (χ3n) is 12.7. The van der Waals surface area contributed by atoms with Crippen LogP contribution in [-0.2, 0) is 5.41 Å². The van der Waals surface area contributed by atoms with Crippen LogP contribution in [0.5, 0.6) is 0 Å². The zero-order chi connectivity index (χ0) is 38.1. The quantitative estimate of drug-likeness (QED) is 0.144. The van der Waals surface area contributed by atoms with Crippen molar-refractivity contribution in [3.8, 4) is 0 Å². The van der Waals surface area contributed by atoms with Crippen molar-refractivity contribution in [1.82, 2.24) is 0 Å². The lowest BCUT2D eigenvalue weighted by atomic mass is 9.83. The second kappa shape index (κ2) is 15.7. The molecule has 0 amide bonds. The van der Waals surface area contributed by atoms with Crippen molar-refractivity contribution in [2.75, 3.05) is 9.80 Å². The van der Waals surface area contributed by atoms with Gasteiger partial charge in [-0.05, 0) is 132 Å². The molecule has 7 aromatic rings. The molecular weight excluding hydrogens is 677 g/mol. The molecule has 0 heterocycles. The first kappa shape index (κ1) is 36.3. The molecule has 2 saturated carbocycles. The first-order valence-electron chi connectivity index (χ1n) is 21.3. The Labute approximate surface area is 334 Å². The highest BCUT2D eigenvalue weighted by molar-refractivity contribution is 6.18. The van der Waals surface area contributed by atoms with E-state index in [0.717, 1.165) is 5.69 Å². The van der Waals surface area contributed by atoms with Gasteiger partial charge in [-0.2, -0.15) is 0 Å². The van der Waals surface area contributed by atoms with E-state index in [1.54, 1.807) is 0 Å². The maximum atomic E-state index is 2.53. The summed E-state index contributed by atoms with van der Waals surface area (Å²) in [5.41, 5.74) is 11.3. The molecule has 0 saturated heterocycles. The summed E-state index contributed by atoms with van der Waals surface area (Å²) in [6.07, 6.45) is 13.3. The van der Waals surface area contributed by atoms with Crippen LogP contribution in [0.2, 0.25) is 0 Å². The second-order valence-electron chi connectivity index (χ2n) is 17.5. The Morgan fingerprint density at radius 1 is 0.411 bits per heavy atom. The van der Waals surface area contributed by atoms with Crippen LogP contribution in [0, 0.1) is 0 Å². The van der Waals surface area contributed by atoms with Crippen LogP contribution < -0.4 is 9.80 Å². The molecule has 0 spiro atoms. The zero-order valence-corrected chi connectivity index (χ0v) is 33.6. The molecule has 2 aliphatic carbocycles. The van der Waals surface area contributed by atoms with Gasteiger partial charge in [0.1, 0.15) is 0 Å². The van der Waals surface area contributed by atoms with Gasteiger partial charge in [-0.1, -0.05) is 144 Å². The minimum absolute atomic E-state index is 0.0850. The van der Waals surface area contributed by atoms with Gasteiger partial charge in [0.2, 0.25) is 0 Å². The minimum Gasteiger partial charge on any atom is -0.310 e. The van der Waals surface area contributed by atoms with E-state index in [0.29, 0.717) is 11.8 Å². The molecular formula is C54H56N2. The van der Waals surface area contributed by atoms with Gasteiger partial charge in [0, 0.05) is 38.9 Å². The number of rotatable bonds is 8. The van der Waals surface area contributed by atoms with Crippen molar-refractivity contribution in [2.45, 2.75) is 102 Å². The second-order valence-corrected chi connectivity index (χ2v) is 17.5. The van der Waals surface area contributed by atoms with Gasteiger partial charge in [0.15, 0.2) is 0 Å². The van der Waals surface area contributed by atoms with Crippen LogP contribution in [-0.4, -0.2) is 0 Å². The lowest BCUT2D eigenvalue weighted by Gasteiger charge is -2.33. The molecule has 0 atom stereocenters. The van der Waals surface area contributed by atoms with Crippen molar-refractivity contribution in [3.63, 3.8) is 0 Å². The standard InChI is InChI=1S/C54H56N2/c1-54(2,3)44-37-51-50(52(38-44)55(45-23-12-6-13-24-45)47-32-28-41(29-33-47)39-18-8-4-9-19-39)36-43-22-16-17-27-49(43)53(51)56(46-25-14-7-15-26-46)48-34-30-42(31-35-48)40-20-10-5-11-21-40/h6-7,12-17,22-40H,4-5,8-11,18-21H2,1-3H3. The maximum Gasteiger partial charge on any atom is 0.0619 e. The van der Waals surface area contributed by atoms with Gasteiger partial charge < -0.3 is 9.80 Å². The number of hydrogen-bond acceptors (Lipinski definition) is 2. The highest BCUT2D eigenvalue weighted by atomic mass is 15.2. The SMILES string of the molecule is CC(C)(C)c1cc(N(c2ccccc2)c2ccc(C3CCCCC3)cc2)c2cc3ccccc3c(N(c3ccccc3)c3ccc(C4CCCCC4)cc3)c2c1. The predicted molar refractivity (Wildman–Crippen MR) is 241 cm³/mol. The van der Waals surface area contributed by atoms with Crippen molar-refractivity contribution >= 4 is 55.7 Å². The molecule has 2 nitrogen and oxygen atoms in total. The Bertz CT molecular complexity index is 2390. The summed E-state index contributed by atoms with van der Waals surface area (Å²) >= 11 is 0. The minimum atomic E-state index is -0.0850. The predicted octanol–water partition coefficient (Wildman–Crippen LogP) is 16.3. The molecule has 56 heavy (non-hydrogen) atoms. The lowest BCUT2D eigenvalue weighted by molar-refractivity contribution is 0.443. The van der Waals surface area contributed by atoms with Gasteiger partial charge in [-0.3, -0.25) is 0 Å². The number of fused-ring (bicyclic) bond motifs is 2. The van der Waals surface area contributed by atoms with Crippen LogP contribution in [0.25, 0.3) is 21.5 Å². The Hall–Kier alpha value is -5.34. The average molecular weight is 733 g/mol. The molecule has 0 N–H and O–H groups in total. The first-order valence-corrected chi connectivity index (χ1v) is 21.3. The van der Waals surface area contributed by atoms with Crippen LogP contribution in [0.1, 0.15) is 114 Å². The molecule has 2 aliphatic rings. The number of nitrogens with zero attached hydrogens (tertiary/aromatic N) is 2. The van der Waals surface area contributed by atoms with Crippen molar-refractivity contribution in [2.24, 2.45) is 0 Å². The summed E-state index contributed by atoms with van der Waals surface area (Å²) < 4.78 is 0. The molecule has 0 unspecified atom stereocenters. The van der Waals surface area contributed by atoms with Crippen LogP contribution in [0.3, 0.4) is 0 Å². The smallest absolute Gasteiger partial charge is 0.0619 e.